The number of hydrogen-bond donors (Lipinski definition) is 1. The summed E-state index contributed by atoms with van der Waals surface area (Å²) in [5, 5.41) is 16.7. The van der Waals surface area contributed by atoms with Crippen LogP contribution in [0.1, 0.15) is 41.8 Å². The van der Waals surface area contributed by atoms with E-state index < -0.39 is 0 Å². The predicted octanol–water partition coefficient (Wildman–Crippen LogP) is 1.57. The van der Waals surface area contributed by atoms with Gasteiger partial charge in [0, 0.05) is 32.6 Å². The van der Waals surface area contributed by atoms with Crippen LogP contribution in [0.15, 0.2) is 4.47 Å². The summed E-state index contributed by atoms with van der Waals surface area (Å²) in [6.45, 7) is 8.06. The molecular formula is C16H24BrN7. The van der Waals surface area contributed by atoms with E-state index in [0.29, 0.717) is 5.92 Å². The average Bonchev–Trinajstić information content (AvgIpc) is 3.12. The fraction of sp³-hybridized carbons (Fsp3) is 0.688. The summed E-state index contributed by atoms with van der Waals surface area (Å²) in [5.74, 6) is 2.83. The third kappa shape index (κ3) is 2.91. The Kier molecular flexibility index (Phi) is 4.44. The number of nitrogens with zero attached hydrogens (tertiary/aromatic N) is 6. The van der Waals surface area contributed by atoms with Gasteiger partial charge in [-0.05, 0) is 48.8 Å². The minimum Gasteiger partial charge on any atom is -0.312 e. The maximum atomic E-state index is 4.50. The lowest BCUT2D eigenvalue weighted by molar-refractivity contribution is 0.195. The normalized spacial score (nSPS) is 19.6. The molecule has 4 heterocycles. The molecule has 4 rings (SSSR count). The molecule has 130 valence electrons. The van der Waals surface area contributed by atoms with E-state index in [0.717, 1.165) is 68.1 Å². The van der Waals surface area contributed by atoms with Crippen LogP contribution in [0, 0.1) is 6.92 Å². The van der Waals surface area contributed by atoms with Crippen LogP contribution in [0.3, 0.4) is 0 Å². The van der Waals surface area contributed by atoms with Crippen LogP contribution in [0.25, 0.3) is 0 Å². The number of piperidine rings is 1. The lowest BCUT2D eigenvalue weighted by Crippen LogP contribution is -2.35. The zero-order valence-corrected chi connectivity index (χ0v) is 15.9. The number of fused-ring (bicyclic) bond motifs is 1. The van der Waals surface area contributed by atoms with Crippen molar-refractivity contribution < 1.29 is 0 Å². The van der Waals surface area contributed by atoms with Gasteiger partial charge in [-0.15, -0.1) is 10.2 Å². The van der Waals surface area contributed by atoms with Gasteiger partial charge in [-0.25, -0.2) is 0 Å². The summed E-state index contributed by atoms with van der Waals surface area (Å²) in [7, 11) is 2.02. The van der Waals surface area contributed by atoms with E-state index in [1.807, 2.05) is 18.7 Å². The summed E-state index contributed by atoms with van der Waals surface area (Å²) >= 11 is 3.67. The zero-order chi connectivity index (χ0) is 16.7. The van der Waals surface area contributed by atoms with Crippen molar-refractivity contribution in [2.75, 3.05) is 19.6 Å². The summed E-state index contributed by atoms with van der Waals surface area (Å²) < 4.78 is 5.47. The highest BCUT2D eigenvalue weighted by Gasteiger charge is 2.27. The summed E-state index contributed by atoms with van der Waals surface area (Å²) in [4.78, 5) is 2.52. The van der Waals surface area contributed by atoms with E-state index in [1.165, 1.54) is 11.5 Å². The lowest BCUT2D eigenvalue weighted by atomic mass is 9.95. The number of likely N-dealkylation sites (tertiary alicyclic amines) is 1. The van der Waals surface area contributed by atoms with Gasteiger partial charge in [-0.2, -0.15) is 5.10 Å². The highest BCUT2D eigenvalue weighted by Crippen LogP contribution is 2.29. The van der Waals surface area contributed by atoms with Crippen LogP contribution in [0.2, 0.25) is 0 Å². The molecule has 7 nitrogen and oxygen atoms in total. The summed E-state index contributed by atoms with van der Waals surface area (Å²) in [5.41, 5.74) is 2.32. The molecule has 0 saturated carbocycles. The number of rotatable bonds is 3. The maximum Gasteiger partial charge on any atom is 0.147 e. The smallest absolute Gasteiger partial charge is 0.147 e. The first kappa shape index (κ1) is 16.2. The van der Waals surface area contributed by atoms with Crippen molar-refractivity contribution in [1.82, 2.24) is 34.8 Å². The molecule has 0 aliphatic carbocycles. The monoisotopic (exact) mass is 393 g/mol. The molecule has 0 bridgehead atoms. The van der Waals surface area contributed by atoms with Gasteiger partial charge in [0.1, 0.15) is 11.6 Å². The van der Waals surface area contributed by atoms with Crippen LogP contribution < -0.4 is 5.32 Å². The molecule has 2 aliphatic heterocycles. The first-order valence-corrected chi connectivity index (χ1v) is 9.46. The Hall–Kier alpha value is -1.25. The second-order valence-corrected chi connectivity index (χ2v) is 7.62. The Morgan fingerprint density at radius 2 is 2.00 bits per heavy atom. The SMILES string of the molecule is Cc1nn(C)c(CN2CCC(c3nnc4n3CCNC4)CC2)c1Br. The molecule has 1 saturated heterocycles. The molecule has 1 N–H and O–H groups in total. The van der Waals surface area contributed by atoms with E-state index in [-0.39, 0.29) is 0 Å². The highest BCUT2D eigenvalue weighted by atomic mass is 79.9. The molecule has 8 heteroatoms. The predicted molar refractivity (Wildman–Crippen MR) is 94.6 cm³/mol. The van der Waals surface area contributed by atoms with Crippen LogP contribution in [-0.2, 0) is 26.7 Å². The van der Waals surface area contributed by atoms with E-state index in [2.05, 4.69) is 46.0 Å². The van der Waals surface area contributed by atoms with Gasteiger partial charge in [0.2, 0.25) is 0 Å². The Morgan fingerprint density at radius 3 is 2.71 bits per heavy atom. The van der Waals surface area contributed by atoms with Crippen LogP contribution in [-0.4, -0.2) is 49.1 Å². The molecule has 2 aliphatic rings. The number of hydrogen-bond acceptors (Lipinski definition) is 5. The second kappa shape index (κ2) is 6.57. The van der Waals surface area contributed by atoms with Crippen molar-refractivity contribution in [3.05, 3.63) is 27.5 Å². The number of nitrogens with one attached hydrogen (secondary N) is 1. The largest absolute Gasteiger partial charge is 0.312 e. The van der Waals surface area contributed by atoms with Gasteiger partial charge < -0.3 is 9.88 Å². The van der Waals surface area contributed by atoms with E-state index in [9.17, 15) is 0 Å². The molecule has 2 aromatic rings. The average molecular weight is 394 g/mol. The first-order chi connectivity index (χ1) is 11.6. The van der Waals surface area contributed by atoms with E-state index in [4.69, 9.17) is 0 Å². The van der Waals surface area contributed by atoms with Gasteiger partial charge in [-0.3, -0.25) is 9.58 Å². The van der Waals surface area contributed by atoms with Gasteiger partial charge >= 0.3 is 0 Å². The van der Waals surface area contributed by atoms with Crippen molar-refractivity contribution in [1.29, 1.82) is 0 Å². The van der Waals surface area contributed by atoms with Gasteiger partial charge in [-0.1, -0.05) is 0 Å². The number of aromatic nitrogens is 5. The Labute approximate surface area is 150 Å². The first-order valence-electron chi connectivity index (χ1n) is 8.66. The number of aryl methyl sites for hydroxylation is 2. The fourth-order valence-electron chi connectivity index (χ4n) is 3.83. The minimum absolute atomic E-state index is 0.539. The highest BCUT2D eigenvalue weighted by molar-refractivity contribution is 9.10. The zero-order valence-electron chi connectivity index (χ0n) is 14.3. The van der Waals surface area contributed by atoms with Crippen molar-refractivity contribution >= 4 is 15.9 Å². The summed E-state index contributed by atoms with van der Waals surface area (Å²) in [6.07, 6.45) is 2.31. The third-order valence-electron chi connectivity index (χ3n) is 5.24. The topological polar surface area (TPSA) is 63.8 Å². The third-order valence-corrected chi connectivity index (χ3v) is 6.27. The van der Waals surface area contributed by atoms with Crippen molar-refractivity contribution in [2.45, 2.75) is 45.3 Å². The maximum absolute atomic E-state index is 4.50. The van der Waals surface area contributed by atoms with Crippen LogP contribution in [0.5, 0.6) is 0 Å². The van der Waals surface area contributed by atoms with E-state index in [1.54, 1.807) is 0 Å². The molecule has 0 amide bonds. The molecular weight excluding hydrogens is 370 g/mol. The molecule has 1 fully saturated rings. The molecule has 0 atom stereocenters. The Morgan fingerprint density at radius 1 is 1.21 bits per heavy atom. The molecule has 0 spiro atoms. The fourth-order valence-corrected chi connectivity index (χ4v) is 4.29. The van der Waals surface area contributed by atoms with Gasteiger partial charge in [0.25, 0.3) is 0 Å². The van der Waals surface area contributed by atoms with E-state index >= 15 is 0 Å². The molecule has 0 radical (unpaired) electrons. The Bertz CT molecular complexity index is 727. The van der Waals surface area contributed by atoms with Crippen molar-refractivity contribution in [3.8, 4) is 0 Å². The standard InChI is InChI=1S/C16H24BrN7/c1-11-15(17)13(22(2)21-11)10-23-6-3-12(4-7-23)16-20-19-14-9-18-5-8-24(14)16/h12,18H,3-10H2,1-2H3. The molecule has 2 aromatic heterocycles. The molecule has 0 unspecified atom stereocenters. The van der Waals surface area contributed by atoms with Crippen LogP contribution >= 0.6 is 15.9 Å². The lowest BCUT2D eigenvalue weighted by Gasteiger charge is -2.32. The number of halogens is 1. The molecule has 0 aromatic carbocycles. The van der Waals surface area contributed by atoms with Crippen LogP contribution in [0.4, 0.5) is 0 Å². The second-order valence-electron chi connectivity index (χ2n) is 6.82. The quantitative estimate of drug-likeness (QED) is 0.856. The van der Waals surface area contributed by atoms with Gasteiger partial charge in [0.05, 0.1) is 22.4 Å². The Balaban J connectivity index is 1.41. The minimum atomic E-state index is 0.539. The molecule has 24 heavy (non-hydrogen) atoms. The van der Waals surface area contributed by atoms with Gasteiger partial charge in [0.15, 0.2) is 0 Å². The summed E-state index contributed by atoms with van der Waals surface area (Å²) in [6, 6.07) is 0. The van der Waals surface area contributed by atoms with Crippen molar-refractivity contribution in [2.24, 2.45) is 7.05 Å². The van der Waals surface area contributed by atoms with Crippen molar-refractivity contribution in [3.63, 3.8) is 0 Å².